The summed E-state index contributed by atoms with van der Waals surface area (Å²) >= 11 is 0. The molecular formula is C24H40ClN2O9P. The third kappa shape index (κ3) is 21.1. The van der Waals surface area contributed by atoms with E-state index in [0.717, 1.165) is 12.1 Å². The van der Waals surface area contributed by atoms with E-state index in [1.165, 1.54) is 0 Å². The summed E-state index contributed by atoms with van der Waals surface area (Å²) in [7, 11) is -3.81. The van der Waals surface area contributed by atoms with Gasteiger partial charge in [0.1, 0.15) is 6.61 Å². The van der Waals surface area contributed by atoms with E-state index in [0.29, 0.717) is 58.7 Å². The van der Waals surface area contributed by atoms with Crippen molar-refractivity contribution in [1.29, 1.82) is 5.26 Å². The van der Waals surface area contributed by atoms with E-state index in [9.17, 15) is 9.36 Å². The number of carbonyl (C=O) groups is 1. The van der Waals surface area contributed by atoms with E-state index in [1.54, 1.807) is 0 Å². The van der Waals surface area contributed by atoms with E-state index in [4.69, 9.17) is 37.8 Å². The van der Waals surface area contributed by atoms with Crippen LogP contribution in [0.1, 0.15) is 37.7 Å². The molecule has 0 heterocycles. The van der Waals surface area contributed by atoms with E-state index in [2.05, 4.69) is 5.73 Å². The molecule has 0 fully saturated rings. The number of nitriles is 1. The predicted molar refractivity (Wildman–Crippen MR) is 131 cm³/mol. The maximum Gasteiger partial charge on any atom is 0.474 e. The number of rotatable bonds is 24. The summed E-state index contributed by atoms with van der Waals surface area (Å²) in [6.07, 6.45) is 2.22. The van der Waals surface area contributed by atoms with E-state index in [1.807, 2.05) is 36.4 Å². The second kappa shape index (κ2) is 24.7. The minimum atomic E-state index is -3.81. The van der Waals surface area contributed by atoms with Crippen LogP contribution < -0.4 is 18.1 Å². The van der Waals surface area contributed by atoms with Crippen LogP contribution in [0.5, 0.6) is 0 Å². The average Bonchev–Trinajstić information content (AvgIpc) is 2.89. The molecule has 13 heteroatoms. The van der Waals surface area contributed by atoms with Crippen LogP contribution in [0.25, 0.3) is 0 Å². The van der Waals surface area contributed by atoms with Gasteiger partial charge in [0.2, 0.25) is 0 Å². The molecule has 0 aromatic heterocycles. The number of hydrogen-bond acceptors (Lipinski definition) is 10. The van der Waals surface area contributed by atoms with Gasteiger partial charge in [-0.05, 0) is 18.4 Å². The molecule has 1 unspecified atom stereocenters. The third-order valence-electron chi connectivity index (χ3n) is 4.49. The van der Waals surface area contributed by atoms with Gasteiger partial charge in [0.25, 0.3) is 0 Å². The van der Waals surface area contributed by atoms with Crippen molar-refractivity contribution >= 4 is 13.8 Å². The van der Waals surface area contributed by atoms with Crippen molar-refractivity contribution in [1.82, 2.24) is 0 Å². The molecule has 0 saturated heterocycles. The Labute approximate surface area is 225 Å². The Balaban J connectivity index is 0.0000130. The number of carbonyl (C=O) groups excluding carboxylic acids is 1. The standard InChI is InChI=1S/C24H39N2O9P.ClH/c25-11-7-14-34-36(28,35-21-20-31-19-18-30-17-16-29-15-12-26)33-13-6-2-5-10-24(27)32-22-23-8-3-1-4-9-23;/h1,3-4,8-9H,2,5-7,10,12-22,26H2;1H. The Morgan fingerprint density at radius 1 is 0.811 bits per heavy atom. The van der Waals surface area contributed by atoms with Crippen molar-refractivity contribution in [3.05, 3.63) is 35.9 Å². The summed E-state index contributed by atoms with van der Waals surface area (Å²) in [6, 6.07) is 11.4. The molecular weight excluding hydrogens is 527 g/mol. The van der Waals surface area contributed by atoms with Gasteiger partial charge in [0.05, 0.1) is 78.5 Å². The van der Waals surface area contributed by atoms with Gasteiger partial charge in [-0.2, -0.15) is 5.26 Å². The molecule has 0 radical (unpaired) electrons. The summed E-state index contributed by atoms with van der Waals surface area (Å²) in [5, 5.41) is 8.68. The first kappa shape index (κ1) is 35.4. The highest BCUT2D eigenvalue weighted by Crippen LogP contribution is 2.49. The topological polar surface area (TPSA) is 150 Å². The van der Waals surface area contributed by atoms with Crippen LogP contribution in [0.2, 0.25) is 0 Å². The molecule has 1 rings (SSSR count). The molecule has 37 heavy (non-hydrogen) atoms. The van der Waals surface area contributed by atoms with Gasteiger partial charge < -0.3 is 37.1 Å². The molecule has 11 nitrogen and oxygen atoms in total. The fourth-order valence-corrected chi connectivity index (χ4v) is 3.89. The fourth-order valence-electron chi connectivity index (χ4n) is 2.70. The van der Waals surface area contributed by atoms with Crippen molar-refractivity contribution in [2.45, 2.75) is 38.7 Å². The number of hydrogen-bond donors (Lipinski definition) is 1. The molecule has 0 saturated carbocycles. The lowest BCUT2D eigenvalue weighted by Gasteiger charge is -2.17. The second-order valence-corrected chi connectivity index (χ2v) is 9.17. The second-order valence-electron chi connectivity index (χ2n) is 7.50. The number of quaternary nitrogens is 1. The molecule has 1 atom stereocenters. The van der Waals surface area contributed by atoms with Gasteiger partial charge in [-0.3, -0.25) is 18.4 Å². The van der Waals surface area contributed by atoms with Crippen molar-refractivity contribution in [2.75, 3.05) is 66.0 Å². The highest BCUT2D eigenvalue weighted by Gasteiger charge is 2.26. The minimum absolute atomic E-state index is 0. The largest absolute Gasteiger partial charge is 1.00 e. The van der Waals surface area contributed by atoms with Gasteiger partial charge in [0, 0.05) is 6.42 Å². The van der Waals surface area contributed by atoms with Crippen LogP contribution in [0, 0.1) is 11.3 Å². The zero-order valence-corrected chi connectivity index (χ0v) is 23.0. The smallest absolute Gasteiger partial charge is 0.474 e. The molecule has 3 N–H and O–H groups in total. The lowest BCUT2D eigenvalue weighted by Crippen LogP contribution is -3.00. The van der Waals surface area contributed by atoms with Crippen LogP contribution in [-0.2, 0) is 48.5 Å². The number of ether oxygens (including phenoxy) is 4. The summed E-state index contributed by atoms with van der Waals surface area (Å²) in [5.41, 5.74) is 4.62. The number of halogens is 1. The number of phosphoric acid groups is 1. The molecule has 0 aliphatic heterocycles. The Bertz CT molecular complexity index is 768. The van der Waals surface area contributed by atoms with Crippen molar-refractivity contribution in [3.8, 4) is 6.07 Å². The van der Waals surface area contributed by atoms with Crippen molar-refractivity contribution in [3.63, 3.8) is 0 Å². The fraction of sp³-hybridized carbons (Fsp3) is 0.667. The van der Waals surface area contributed by atoms with Gasteiger partial charge in [-0.1, -0.05) is 36.8 Å². The molecule has 1 aromatic rings. The number of unbranched alkanes of at least 4 members (excludes halogenated alkanes) is 2. The zero-order chi connectivity index (χ0) is 26.2. The normalized spacial score (nSPS) is 12.3. The summed E-state index contributed by atoms with van der Waals surface area (Å²) in [5.74, 6) is -0.263. The molecule has 0 amide bonds. The van der Waals surface area contributed by atoms with Crippen LogP contribution in [0.15, 0.2) is 30.3 Å². The summed E-state index contributed by atoms with van der Waals surface area (Å²) in [4.78, 5) is 11.8. The maximum atomic E-state index is 12.8. The summed E-state index contributed by atoms with van der Waals surface area (Å²) in [6.45, 7) is 3.59. The molecule has 0 bridgehead atoms. The van der Waals surface area contributed by atoms with Gasteiger partial charge >= 0.3 is 13.8 Å². The SMILES string of the molecule is N#CCCOP(=O)(OCCCCCC(=O)OCc1ccccc1)OCCOCCOCCOCC[NH3+].[Cl-]. The van der Waals surface area contributed by atoms with Crippen LogP contribution in [-0.4, -0.2) is 72.0 Å². The van der Waals surface area contributed by atoms with Gasteiger partial charge in [-0.15, -0.1) is 0 Å². The maximum absolute atomic E-state index is 12.8. The zero-order valence-electron chi connectivity index (χ0n) is 21.4. The number of nitrogens with zero attached hydrogens (tertiary/aromatic N) is 1. The Morgan fingerprint density at radius 3 is 2.05 bits per heavy atom. The van der Waals surface area contributed by atoms with Gasteiger partial charge in [-0.25, -0.2) is 4.57 Å². The predicted octanol–water partition coefficient (Wildman–Crippen LogP) is -0.343. The quantitative estimate of drug-likeness (QED) is 0.0999. The number of phosphoric ester groups is 1. The molecule has 212 valence electrons. The van der Waals surface area contributed by atoms with Gasteiger partial charge in [0.15, 0.2) is 0 Å². The van der Waals surface area contributed by atoms with E-state index >= 15 is 0 Å². The molecule has 0 spiro atoms. The highest BCUT2D eigenvalue weighted by molar-refractivity contribution is 7.48. The monoisotopic (exact) mass is 566 g/mol. The molecule has 0 aliphatic carbocycles. The van der Waals surface area contributed by atoms with Crippen molar-refractivity contribution in [2.24, 2.45) is 0 Å². The third-order valence-corrected chi connectivity index (χ3v) is 5.99. The first-order valence-electron chi connectivity index (χ1n) is 12.2. The first-order chi connectivity index (χ1) is 17.6. The Hall–Kier alpha value is -1.58. The summed E-state index contributed by atoms with van der Waals surface area (Å²) < 4.78 is 49.8. The van der Waals surface area contributed by atoms with Crippen LogP contribution in [0.4, 0.5) is 0 Å². The highest BCUT2D eigenvalue weighted by atomic mass is 35.5. The first-order valence-corrected chi connectivity index (χ1v) is 13.7. The average molecular weight is 567 g/mol. The lowest BCUT2D eigenvalue weighted by molar-refractivity contribution is -0.374. The van der Waals surface area contributed by atoms with E-state index in [-0.39, 0.29) is 57.8 Å². The van der Waals surface area contributed by atoms with Crippen molar-refractivity contribution < 1.29 is 60.0 Å². The molecule has 0 aliphatic rings. The lowest BCUT2D eigenvalue weighted by atomic mass is 10.2. The Kier molecular flexibility index (Phi) is 23.7. The van der Waals surface area contributed by atoms with Crippen LogP contribution >= 0.6 is 7.82 Å². The Morgan fingerprint density at radius 2 is 1.41 bits per heavy atom. The minimum Gasteiger partial charge on any atom is -1.00 e. The van der Waals surface area contributed by atoms with E-state index < -0.39 is 7.82 Å². The molecule has 1 aromatic carbocycles. The number of benzene rings is 1. The number of esters is 1. The van der Waals surface area contributed by atoms with Crippen LogP contribution in [0.3, 0.4) is 0 Å².